The second-order valence-electron chi connectivity index (χ2n) is 4.11. The normalized spacial score (nSPS) is 15.6. The van der Waals surface area contributed by atoms with Crippen LogP contribution in [0.15, 0.2) is 24.3 Å². The van der Waals surface area contributed by atoms with Crippen LogP contribution in [0.3, 0.4) is 0 Å². The maximum absolute atomic E-state index is 13.2. The van der Waals surface area contributed by atoms with E-state index in [4.69, 9.17) is 4.74 Å². The maximum atomic E-state index is 13.2. The third-order valence-corrected chi connectivity index (χ3v) is 2.95. The van der Waals surface area contributed by atoms with E-state index in [-0.39, 0.29) is 11.8 Å². The standard InChI is InChI=1S/C13H17FN2O2/c1-2-16(12-5-3-4-11(14)10-12)13(17)15-6-8-18-9-7-15/h3-5,10H,2,6-9H2,1H3. The van der Waals surface area contributed by atoms with Gasteiger partial charge in [-0.2, -0.15) is 0 Å². The highest BCUT2D eigenvalue weighted by molar-refractivity contribution is 5.92. The van der Waals surface area contributed by atoms with E-state index in [0.29, 0.717) is 38.5 Å². The molecule has 0 aliphatic carbocycles. The van der Waals surface area contributed by atoms with Gasteiger partial charge in [-0.1, -0.05) is 6.07 Å². The summed E-state index contributed by atoms with van der Waals surface area (Å²) in [5.74, 6) is -0.333. The minimum Gasteiger partial charge on any atom is -0.378 e. The number of urea groups is 1. The van der Waals surface area contributed by atoms with Crippen molar-refractivity contribution >= 4 is 11.7 Å². The molecule has 1 aromatic carbocycles. The van der Waals surface area contributed by atoms with Gasteiger partial charge in [-0.05, 0) is 25.1 Å². The van der Waals surface area contributed by atoms with Crippen LogP contribution in [0.1, 0.15) is 6.92 Å². The van der Waals surface area contributed by atoms with E-state index in [0.717, 1.165) is 0 Å². The number of morpholine rings is 1. The molecule has 4 nitrogen and oxygen atoms in total. The number of benzene rings is 1. The zero-order valence-corrected chi connectivity index (χ0v) is 10.4. The molecule has 18 heavy (non-hydrogen) atoms. The van der Waals surface area contributed by atoms with Gasteiger partial charge in [0, 0.05) is 25.3 Å². The number of rotatable bonds is 2. The predicted molar refractivity (Wildman–Crippen MR) is 67.2 cm³/mol. The predicted octanol–water partition coefficient (Wildman–Crippen LogP) is 2.10. The number of anilines is 1. The van der Waals surface area contributed by atoms with Crippen molar-refractivity contribution in [1.82, 2.24) is 4.90 Å². The Morgan fingerprint density at radius 3 is 2.78 bits per heavy atom. The number of ether oxygens (including phenoxy) is 1. The minimum atomic E-state index is -0.333. The van der Waals surface area contributed by atoms with Gasteiger partial charge >= 0.3 is 6.03 Å². The molecule has 1 aliphatic rings. The molecule has 0 N–H and O–H groups in total. The van der Waals surface area contributed by atoms with Crippen LogP contribution in [0.25, 0.3) is 0 Å². The number of amides is 2. The van der Waals surface area contributed by atoms with Crippen molar-refractivity contribution in [3.05, 3.63) is 30.1 Å². The first-order valence-electron chi connectivity index (χ1n) is 6.12. The van der Waals surface area contributed by atoms with Crippen LogP contribution in [-0.4, -0.2) is 43.8 Å². The van der Waals surface area contributed by atoms with E-state index in [2.05, 4.69) is 0 Å². The van der Waals surface area contributed by atoms with Gasteiger partial charge in [0.15, 0.2) is 0 Å². The molecule has 0 spiro atoms. The fourth-order valence-electron chi connectivity index (χ4n) is 2.00. The van der Waals surface area contributed by atoms with Crippen molar-refractivity contribution in [1.29, 1.82) is 0 Å². The lowest BCUT2D eigenvalue weighted by Crippen LogP contribution is -2.48. The lowest BCUT2D eigenvalue weighted by molar-refractivity contribution is 0.0549. The van der Waals surface area contributed by atoms with Gasteiger partial charge in [-0.3, -0.25) is 4.90 Å². The van der Waals surface area contributed by atoms with Crippen LogP contribution in [0.2, 0.25) is 0 Å². The molecule has 0 atom stereocenters. The lowest BCUT2D eigenvalue weighted by Gasteiger charge is -2.32. The third-order valence-electron chi connectivity index (χ3n) is 2.95. The van der Waals surface area contributed by atoms with Crippen molar-refractivity contribution < 1.29 is 13.9 Å². The maximum Gasteiger partial charge on any atom is 0.324 e. The molecule has 1 heterocycles. The summed E-state index contributed by atoms with van der Waals surface area (Å²) in [4.78, 5) is 15.6. The highest BCUT2D eigenvalue weighted by Crippen LogP contribution is 2.17. The molecule has 0 saturated carbocycles. The Balaban J connectivity index is 2.14. The highest BCUT2D eigenvalue weighted by atomic mass is 19.1. The average molecular weight is 252 g/mol. The zero-order chi connectivity index (χ0) is 13.0. The molecule has 0 radical (unpaired) electrons. The summed E-state index contributed by atoms with van der Waals surface area (Å²) in [7, 11) is 0. The summed E-state index contributed by atoms with van der Waals surface area (Å²) in [6.07, 6.45) is 0. The van der Waals surface area contributed by atoms with E-state index in [1.54, 1.807) is 21.9 Å². The van der Waals surface area contributed by atoms with E-state index in [9.17, 15) is 9.18 Å². The van der Waals surface area contributed by atoms with Crippen molar-refractivity contribution in [2.75, 3.05) is 37.7 Å². The summed E-state index contributed by atoms with van der Waals surface area (Å²) in [6.45, 7) is 4.69. The van der Waals surface area contributed by atoms with Crippen LogP contribution in [0, 0.1) is 5.82 Å². The quantitative estimate of drug-likeness (QED) is 0.807. The number of carbonyl (C=O) groups is 1. The molecule has 0 aromatic heterocycles. The third kappa shape index (κ3) is 2.79. The Labute approximate surface area is 106 Å². The van der Waals surface area contributed by atoms with Crippen LogP contribution in [0.5, 0.6) is 0 Å². The Bertz CT molecular complexity index is 419. The van der Waals surface area contributed by atoms with Crippen LogP contribution in [0.4, 0.5) is 14.9 Å². The number of halogens is 1. The van der Waals surface area contributed by atoms with E-state index in [1.165, 1.54) is 12.1 Å². The number of hydrogen-bond donors (Lipinski definition) is 0. The average Bonchev–Trinajstić information content (AvgIpc) is 2.40. The molecular weight excluding hydrogens is 235 g/mol. The molecule has 2 amide bonds. The van der Waals surface area contributed by atoms with E-state index in [1.807, 2.05) is 6.92 Å². The van der Waals surface area contributed by atoms with Crippen LogP contribution >= 0.6 is 0 Å². The first-order valence-corrected chi connectivity index (χ1v) is 6.12. The molecule has 98 valence electrons. The summed E-state index contributed by atoms with van der Waals surface area (Å²) in [5, 5.41) is 0. The van der Waals surface area contributed by atoms with Gasteiger partial charge < -0.3 is 9.64 Å². The molecule has 1 aliphatic heterocycles. The molecule has 1 saturated heterocycles. The van der Waals surface area contributed by atoms with Gasteiger partial charge in [0.2, 0.25) is 0 Å². The summed E-state index contributed by atoms with van der Waals surface area (Å²) < 4.78 is 18.4. The van der Waals surface area contributed by atoms with Gasteiger partial charge in [-0.25, -0.2) is 9.18 Å². The SMILES string of the molecule is CCN(C(=O)N1CCOCC1)c1cccc(F)c1. The number of nitrogens with zero attached hydrogens (tertiary/aromatic N) is 2. The fourth-order valence-corrected chi connectivity index (χ4v) is 2.00. The molecule has 0 unspecified atom stereocenters. The first kappa shape index (κ1) is 12.8. The van der Waals surface area contributed by atoms with Crippen molar-refractivity contribution in [2.45, 2.75) is 6.92 Å². The van der Waals surface area contributed by atoms with Crippen molar-refractivity contribution in [3.8, 4) is 0 Å². The largest absolute Gasteiger partial charge is 0.378 e. The van der Waals surface area contributed by atoms with Crippen molar-refractivity contribution in [2.24, 2.45) is 0 Å². The zero-order valence-electron chi connectivity index (χ0n) is 10.4. The van der Waals surface area contributed by atoms with Gasteiger partial charge in [0.1, 0.15) is 5.82 Å². The summed E-state index contributed by atoms with van der Waals surface area (Å²) >= 11 is 0. The molecule has 1 aromatic rings. The smallest absolute Gasteiger partial charge is 0.324 e. The molecular formula is C13H17FN2O2. The fraction of sp³-hybridized carbons (Fsp3) is 0.462. The minimum absolute atomic E-state index is 0.0913. The Kier molecular flexibility index (Phi) is 4.15. The molecule has 5 heteroatoms. The van der Waals surface area contributed by atoms with Crippen molar-refractivity contribution in [3.63, 3.8) is 0 Å². The monoisotopic (exact) mass is 252 g/mol. The van der Waals surface area contributed by atoms with Gasteiger partial charge in [-0.15, -0.1) is 0 Å². The molecule has 0 bridgehead atoms. The van der Waals surface area contributed by atoms with Gasteiger partial charge in [0.05, 0.1) is 13.2 Å². The molecule has 1 fully saturated rings. The summed E-state index contributed by atoms with van der Waals surface area (Å²) in [5.41, 5.74) is 0.592. The number of hydrogen-bond acceptors (Lipinski definition) is 2. The van der Waals surface area contributed by atoms with E-state index >= 15 is 0 Å². The van der Waals surface area contributed by atoms with Crippen LogP contribution in [-0.2, 0) is 4.74 Å². The Morgan fingerprint density at radius 2 is 2.17 bits per heavy atom. The second-order valence-corrected chi connectivity index (χ2v) is 4.11. The Morgan fingerprint density at radius 1 is 1.44 bits per heavy atom. The van der Waals surface area contributed by atoms with Crippen LogP contribution < -0.4 is 4.90 Å². The van der Waals surface area contributed by atoms with E-state index < -0.39 is 0 Å². The number of carbonyl (C=O) groups excluding carboxylic acids is 1. The molecule has 2 rings (SSSR count). The topological polar surface area (TPSA) is 32.8 Å². The first-order chi connectivity index (χ1) is 8.72. The Hall–Kier alpha value is -1.62. The lowest BCUT2D eigenvalue weighted by atomic mass is 10.3. The van der Waals surface area contributed by atoms with Gasteiger partial charge in [0.25, 0.3) is 0 Å². The second kappa shape index (κ2) is 5.82. The highest BCUT2D eigenvalue weighted by Gasteiger charge is 2.23. The summed E-state index contributed by atoms with van der Waals surface area (Å²) in [6, 6.07) is 6.01.